The number of nitrogens with zero attached hydrogens (tertiary/aromatic N) is 3. The van der Waals surface area contributed by atoms with E-state index in [1.807, 2.05) is 5.38 Å². The first-order chi connectivity index (χ1) is 12.5. The molecule has 3 heterocycles. The Bertz CT molecular complexity index is 1070. The van der Waals surface area contributed by atoms with E-state index in [2.05, 4.69) is 4.98 Å². The van der Waals surface area contributed by atoms with Crippen LogP contribution in [0.4, 0.5) is 0 Å². The number of thiazole rings is 1. The van der Waals surface area contributed by atoms with Crippen molar-refractivity contribution in [2.24, 2.45) is 0 Å². The van der Waals surface area contributed by atoms with E-state index in [1.54, 1.807) is 42.6 Å². The lowest BCUT2D eigenvalue weighted by molar-refractivity contribution is -0.917. The fourth-order valence-electron chi connectivity index (χ4n) is 3.20. The zero-order valence-corrected chi connectivity index (χ0v) is 15.7. The molecule has 0 spiro atoms. The topological polar surface area (TPSA) is 76.2 Å². The summed E-state index contributed by atoms with van der Waals surface area (Å²) in [4.78, 5) is 18.9. The zero-order chi connectivity index (χ0) is 18.1. The molecule has 0 atom stereocenters. The van der Waals surface area contributed by atoms with Crippen LogP contribution in [0, 0.1) is 0 Å². The summed E-state index contributed by atoms with van der Waals surface area (Å²) in [6.45, 7) is 2.94. The first-order valence-electron chi connectivity index (χ1n) is 8.38. The molecule has 2 aromatic heterocycles. The smallest absolute Gasteiger partial charge is 0.258 e. The van der Waals surface area contributed by atoms with Crippen LogP contribution < -0.4 is 10.5 Å². The van der Waals surface area contributed by atoms with E-state index < -0.39 is 10.0 Å². The van der Waals surface area contributed by atoms with Crippen molar-refractivity contribution in [1.29, 1.82) is 0 Å². The van der Waals surface area contributed by atoms with Crippen LogP contribution in [0.3, 0.4) is 0 Å². The van der Waals surface area contributed by atoms with Crippen LogP contribution in [0.15, 0.2) is 57.7 Å². The SMILES string of the molecule is O=c1cc(C[NH+]2CCN(S(=O)(=O)c3ccccc3)CC2)nc2sccn12. The molecule has 0 unspecified atom stereocenters. The van der Waals surface area contributed by atoms with Crippen LogP contribution in [-0.4, -0.2) is 48.3 Å². The Morgan fingerprint density at radius 1 is 1.15 bits per heavy atom. The Hall–Kier alpha value is -2.07. The Morgan fingerprint density at radius 2 is 1.88 bits per heavy atom. The van der Waals surface area contributed by atoms with Crippen LogP contribution in [0.25, 0.3) is 4.96 Å². The van der Waals surface area contributed by atoms with Crippen molar-refractivity contribution < 1.29 is 13.3 Å². The van der Waals surface area contributed by atoms with E-state index in [0.717, 1.165) is 5.69 Å². The van der Waals surface area contributed by atoms with Gasteiger partial charge in [0.15, 0.2) is 4.96 Å². The lowest BCUT2D eigenvalue weighted by Crippen LogP contribution is -3.13. The van der Waals surface area contributed by atoms with Gasteiger partial charge in [-0.3, -0.25) is 9.20 Å². The Morgan fingerprint density at radius 3 is 2.62 bits per heavy atom. The largest absolute Gasteiger partial charge is 0.328 e. The molecular formula is C17H19N4O3S2+. The van der Waals surface area contributed by atoms with Crippen molar-refractivity contribution in [2.75, 3.05) is 26.2 Å². The fraction of sp³-hybridized carbons (Fsp3) is 0.294. The number of nitrogens with one attached hydrogen (secondary N) is 1. The maximum atomic E-state index is 12.7. The molecule has 1 aromatic carbocycles. The summed E-state index contributed by atoms with van der Waals surface area (Å²) in [5.41, 5.74) is 0.683. The first kappa shape index (κ1) is 17.3. The highest BCUT2D eigenvalue weighted by Gasteiger charge is 2.30. The summed E-state index contributed by atoms with van der Waals surface area (Å²) in [5.74, 6) is 0. The van der Waals surface area contributed by atoms with E-state index >= 15 is 0 Å². The van der Waals surface area contributed by atoms with Crippen molar-refractivity contribution in [2.45, 2.75) is 11.4 Å². The van der Waals surface area contributed by atoms with E-state index in [-0.39, 0.29) is 5.56 Å². The number of sulfonamides is 1. The average molecular weight is 391 g/mol. The van der Waals surface area contributed by atoms with Crippen LogP contribution in [0.2, 0.25) is 0 Å². The second-order valence-electron chi connectivity index (χ2n) is 6.29. The van der Waals surface area contributed by atoms with Gasteiger partial charge in [0.05, 0.1) is 31.1 Å². The van der Waals surface area contributed by atoms with Gasteiger partial charge in [-0.15, -0.1) is 11.3 Å². The summed E-state index contributed by atoms with van der Waals surface area (Å²) in [6, 6.07) is 10.1. The van der Waals surface area contributed by atoms with Gasteiger partial charge in [-0.2, -0.15) is 4.31 Å². The molecule has 1 aliphatic heterocycles. The van der Waals surface area contributed by atoms with Gasteiger partial charge in [-0.25, -0.2) is 13.4 Å². The Kier molecular flexibility index (Phi) is 4.62. The molecular weight excluding hydrogens is 372 g/mol. The lowest BCUT2D eigenvalue weighted by atomic mass is 10.3. The first-order valence-corrected chi connectivity index (χ1v) is 10.7. The standard InChI is InChI=1S/C17H18N4O3S2/c22-16-12-14(18-17-21(16)10-11-25-17)13-19-6-8-20(9-7-19)26(23,24)15-4-2-1-3-5-15/h1-5,10-12H,6-9,13H2/p+1. The highest BCUT2D eigenvalue weighted by molar-refractivity contribution is 7.89. The van der Waals surface area contributed by atoms with Gasteiger partial charge in [0.25, 0.3) is 5.56 Å². The summed E-state index contributed by atoms with van der Waals surface area (Å²) >= 11 is 1.43. The van der Waals surface area contributed by atoms with Crippen molar-refractivity contribution in [3.8, 4) is 0 Å². The highest BCUT2D eigenvalue weighted by Crippen LogP contribution is 2.14. The maximum Gasteiger partial charge on any atom is 0.258 e. The van der Waals surface area contributed by atoms with Crippen molar-refractivity contribution >= 4 is 26.3 Å². The number of quaternary nitrogens is 1. The third kappa shape index (κ3) is 3.30. The molecule has 26 heavy (non-hydrogen) atoms. The van der Waals surface area contributed by atoms with E-state index in [0.29, 0.717) is 42.6 Å². The highest BCUT2D eigenvalue weighted by atomic mass is 32.2. The van der Waals surface area contributed by atoms with E-state index in [9.17, 15) is 13.2 Å². The van der Waals surface area contributed by atoms with E-state index in [1.165, 1.54) is 24.9 Å². The molecule has 0 aliphatic carbocycles. The molecule has 1 fully saturated rings. The van der Waals surface area contributed by atoms with Crippen LogP contribution in [0.5, 0.6) is 0 Å². The molecule has 0 bridgehead atoms. The summed E-state index contributed by atoms with van der Waals surface area (Å²) < 4.78 is 28.4. The van der Waals surface area contributed by atoms with Gasteiger partial charge >= 0.3 is 0 Å². The predicted molar refractivity (Wildman–Crippen MR) is 98.9 cm³/mol. The second-order valence-corrected chi connectivity index (χ2v) is 9.10. The minimum atomic E-state index is -3.43. The number of hydrogen-bond donors (Lipinski definition) is 1. The molecule has 3 aromatic rings. The molecule has 1 aliphatic rings. The van der Waals surface area contributed by atoms with Gasteiger partial charge in [-0.05, 0) is 12.1 Å². The molecule has 0 saturated carbocycles. The maximum absolute atomic E-state index is 12.7. The molecule has 9 heteroatoms. The monoisotopic (exact) mass is 391 g/mol. The summed E-state index contributed by atoms with van der Waals surface area (Å²) in [6.07, 6.45) is 1.72. The minimum absolute atomic E-state index is 0.0732. The van der Waals surface area contributed by atoms with Gasteiger partial charge in [0, 0.05) is 17.6 Å². The Labute approximate surface area is 155 Å². The number of benzene rings is 1. The predicted octanol–water partition coefficient (Wildman–Crippen LogP) is -0.155. The molecule has 4 rings (SSSR count). The Balaban J connectivity index is 1.44. The minimum Gasteiger partial charge on any atom is -0.328 e. The molecule has 7 nitrogen and oxygen atoms in total. The molecule has 0 radical (unpaired) electrons. The van der Waals surface area contributed by atoms with Gasteiger partial charge in [-0.1, -0.05) is 18.2 Å². The van der Waals surface area contributed by atoms with Crippen LogP contribution in [0.1, 0.15) is 5.69 Å². The average Bonchev–Trinajstić information content (AvgIpc) is 3.12. The third-order valence-electron chi connectivity index (χ3n) is 4.60. The van der Waals surface area contributed by atoms with Gasteiger partial charge < -0.3 is 4.90 Å². The van der Waals surface area contributed by atoms with Crippen molar-refractivity contribution in [3.63, 3.8) is 0 Å². The zero-order valence-electron chi connectivity index (χ0n) is 14.0. The molecule has 1 saturated heterocycles. The van der Waals surface area contributed by atoms with Crippen LogP contribution >= 0.6 is 11.3 Å². The van der Waals surface area contributed by atoms with Crippen molar-refractivity contribution in [1.82, 2.24) is 13.7 Å². The second kappa shape index (κ2) is 6.92. The normalized spacial score (nSPS) is 16.9. The van der Waals surface area contributed by atoms with Crippen LogP contribution in [-0.2, 0) is 16.6 Å². The summed E-state index contributed by atoms with van der Waals surface area (Å²) in [7, 11) is -3.43. The number of piperazine rings is 1. The van der Waals surface area contributed by atoms with Gasteiger partial charge in [0.1, 0.15) is 12.2 Å². The molecule has 0 amide bonds. The number of rotatable bonds is 4. The lowest BCUT2D eigenvalue weighted by Gasteiger charge is -2.31. The molecule has 1 N–H and O–H groups in total. The number of hydrogen-bond acceptors (Lipinski definition) is 5. The quantitative estimate of drug-likeness (QED) is 0.671. The van der Waals surface area contributed by atoms with Crippen molar-refractivity contribution in [3.05, 3.63) is 64.0 Å². The van der Waals surface area contributed by atoms with Gasteiger partial charge in [0.2, 0.25) is 10.0 Å². The molecule has 136 valence electrons. The number of aromatic nitrogens is 2. The van der Waals surface area contributed by atoms with E-state index in [4.69, 9.17) is 0 Å². The fourth-order valence-corrected chi connectivity index (χ4v) is 5.40. The third-order valence-corrected chi connectivity index (χ3v) is 7.27. The number of fused-ring (bicyclic) bond motifs is 1. The summed E-state index contributed by atoms with van der Waals surface area (Å²) in [5, 5.41) is 1.84.